The molecule has 0 radical (unpaired) electrons. The highest BCUT2D eigenvalue weighted by molar-refractivity contribution is 5.31. The summed E-state index contributed by atoms with van der Waals surface area (Å²) >= 11 is 0. The SMILES string of the molecule is C=CCOc1cccc(C(NC(CO)C(C)C)C(C)C)c1. The van der Waals surface area contributed by atoms with Crippen LogP contribution in [0.3, 0.4) is 0 Å². The number of ether oxygens (including phenoxy) is 1. The minimum atomic E-state index is 0.0927. The second-order valence-corrected chi connectivity index (χ2v) is 6.09. The monoisotopic (exact) mass is 291 g/mol. The predicted molar refractivity (Wildman–Crippen MR) is 88.6 cm³/mol. The summed E-state index contributed by atoms with van der Waals surface area (Å²) in [5.74, 6) is 1.66. The highest BCUT2D eigenvalue weighted by atomic mass is 16.5. The first-order chi connectivity index (χ1) is 9.99. The molecule has 0 aliphatic carbocycles. The Labute approximate surface area is 129 Å². The number of aliphatic hydroxyl groups is 1. The summed E-state index contributed by atoms with van der Waals surface area (Å²) in [4.78, 5) is 0. The number of hydrogen-bond acceptors (Lipinski definition) is 3. The fourth-order valence-electron chi connectivity index (χ4n) is 2.31. The van der Waals surface area contributed by atoms with E-state index in [0.717, 1.165) is 5.75 Å². The molecule has 2 N–H and O–H groups in total. The lowest BCUT2D eigenvalue weighted by molar-refractivity contribution is 0.188. The Morgan fingerprint density at radius 1 is 1.24 bits per heavy atom. The molecule has 0 aromatic heterocycles. The van der Waals surface area contributed by atoms with E-state index in [4.69, 9.17) is 4.74 Å². The van der Waals surface area contributed by atoms with Crippen molar-refractivity contribution < 1.29 is 9.84 Å². The highest BCUT2D eigenvalue weighted by Crippen LogP contribution is 2.26. The number of aliphatic hydroxyl groups excluding tert-OH is 1. The molecule has 0 saturated heterocycles. The third-order valence-electron chi connectivity index (χ3n) is 3.65. The van der Waals surface area contributed by atoms with Crippen LogP contribution in [0.2, 0.25) is 0 Å². The summed E-state index contributed by atoms with van der Waals surface area (Å²) in [6.45, 7) is 12.9. The molecule has 21 heavy (non-hydrogen) atoms. The number of benzene rings is 1. The molecule has 0 aliphatic heterocycles. The summed E-state index contributed by atoms with van der Waals surface area (Å²) in [6, 6.07) is 8.42. The molecule has 0 spiro atoms. The molecule has 0 fully saturated rings. The van der Waals surface area contributed by atoms with Gasteiger partial charge in [-0.1, -0.05) is 52.5 Å². The molecule has 1 aromatic carbocycles. The molecule has 3 heteroatoms. The van der Waals surface area contributed by atoms with Crippen LogP contribution in [-0.4, -0.2) is 24.4 Å². The van der Waals surface area contributed by atoms with Crippen LogP contribution in [0.25, 0.3) is 0 Å². The first kappa shape index (κ1) is 17.7. The van der Waals surface area contributed by atoms with Gasteiger partial charge in [0.05, 0.1) is 6.61 Å². The first-order valence-corrected chi connectivity index (χ1v) is 7.70. The van der Waals surface area contributed by atoms with Gasteiger partial charge in [-0.25, -0.2) is 0 Å². The van der Waals surface area contributed by atoms with Gasteiger partial charge in [-0.15, -0.1) is 0 Å². The quantitative estimate of drug-likeness (QED) is 0.684. The van der Waals surface area contributed by atoms with Crippen LogP contribution in [-0.2, 0) is 0 Å². The van der Waals surface area contributed by atoms with Gasteiger partial charge in [0, 0.05) is 12.1 Å². The largest absolute Gasteiger partial charge is 0.490 e. The van der Waals surface area contributed by atoms with Crippen LogP contribution >= 0.6 is 0 Å². The van der Waals surface area contributed by atoms with Crippen molar-refractivity contribution in [3.05, 3.63) is 42.5 Å². The fourth-order valence-corrected chi connectivity index (χ4v) is 2.31. The average Bonchev–Trinajstić information content (AvgIpc) is 2.45. The number of rotatable bonds is 9. The Bertz CT molecular complexity index is 429. The van der Waals surface area contributed by atoms with E-state index in [2.05, 4.69) is 51.7 Å². The van der Waals surface area contributed by atoms with Gasteiger partial charge >= 0.3 is 0 Å². The molecule has 1 rings (SSSR count). The maximum absolute atomic E-state index is 9.55. The van der Waals surface area contributed by atoms with Gasteiger partial charge in [0.2, 0.25) is 0 Å². The van der Waals surface area contributed by atoms with Crippen LogP contribution in [0.5, 0.6) is 5.75 Å². The zero-order chi connectivity index (χ0) is 15.8. The third-order valence-corrected chi connectivity index (χ3v) is 3.65. The van der Waals surface area contributed by atoms with Gasteiger partial charge in [0.1, 0.15) is 12.4 Å². The van der Waals surface area contributed by atoms with Gasteiger partial charge in [0.15, 0.2) is 0 Å². The zero-order valence-corrected chi connectivity index (χ0v) is 13.7. The molecule has 118 valence electrons. The van der Waals surface area contributed by atoms with Crippen LogP contribution in [0.4, 0.5) is 0 Å². The van der Waals surface area contributed by atoms with Crippen molar-refractivity contribution in [2.24, 2.45) is 11.8 Å². The smallest absolute Gasteiger partial charge is 0.120 e. The van der Waals surface area contributed by atoms with E-state index < -0.39 is 0 Å². The molecule has 3 nitrogen and oxygen atoms in total. The van der Waals surface area contributed by atoms with Gasteiger partial charge in [-0.05, 0) is 29.5 Å². The van der Waals surface area contributed by atoms with Crippen molar-refractivity contribution in [1.82, 2.24) is 5.32 Å². The summed E-state index contributed by atoms with van der Waals surface area (Å²) < 4.78 is 5.61. The van der Waals surface area contributed by atoms with Crippen LogP contribution in [0.1, 0.15) is 39.3 Å². The minimum absolute atomic E-state index is 0.0927. The Morgan fingerprint density at radius 2 is 1.95 bits per heavy atom. The fraction of sp³-hybridized carbons (Fsp3) is 0.556. The number of nitrogens with one attached hydrogen (secondary N) is 1. The van der Waals surface area contributed by atoms with Crippen molar-refractivity contribution in [3.63, 3.8) is 0 Å². The second-order valence-electron chi connectivity index (χ2n) is 6.09. The zero-order valence-electron chi connectivity index (χ0n) is 13.7. The summed E-state index contributed by atoms with van der Waals surface area (Å²) in [6.07, 6.45) is 1.74. The second kappa shape index (κ2) is 8.85. The van der Waals surface area contributed by atoms with Gasteiger partial charge in [0.25, 0.3) is 0 Å². The van der Waals surface area contributed by atoms with Crippen molar-refractivity contribution in [2.75, 3.05) is 13.2 Å². The lowest BCUT2D eigenvalue weighted by atomic mass is 9.93. The number of hydrogen-bond donors (Lipinski definition) is 2. The molecule has 0 saturated carbocycles. The van der Waals surface area contributed by atoms with Crippen LogP contribution in [0, 0.1) is 11.8 Å². The molecule has 0 amide bonds. The average molecular weight is 291 g/mol. The molecular weight excluding hydrogens is 262 g/mol. The summed E-state index contributed by atoms with van der Waals surface area (Å²) in [7, 11) is 0. The standard InChI is InChI=1S/C18H29NO2/c1-6-10-21-16-9-7-8-15(11-16)18(14(4)5)19-17(12-20)13(2)3/h6-9,11,13-14,17-20H,1,10,12H2,2-5H3. The normalized spacial score (nSPS) is 14.2. The van der Waals surface area contributed by atoms with Gasteiger partial charge in [-0.3, -0.25) is 0 Å². The molecule has 2 atom stereocenters. The van der Waals surface area contributed by atoms with Crippen LogP contribution in [0.15, 0.2) is 36.9 Å². The van der Waals surface area contributed by atoms with E-state index >= 15 is 0 Å². The van der Waals surface area contributed by atoms with E-state index in [1.54, 1.807) is 6.08 Å². The molecule has 2 unspecified atom stereocenters. The Balaban J connectivity index is 2.91. The molecule has 0 aliphatic rings. The lowest BCUT2D eigenvalue weighted by Gasteiger charge is -2.30. The van der Waals surface area contributed by atoms with Gasteiger partial charge < -0.3 is 15.2 Å². The molecule has 1 aromatic rings. The molecule has 0 heterocycles. The third kappa shape index (κ3) is 5.52. The van der Waals surface area contributed by atoms with Crippen LogP contribution < -0.4 is 10.1 Å². The van der Waals surface area contributed by atoms with E-state index in [-0.39, 0.29) is 18.7 Å². The minimum Gasteiger partial charge on any atom is -0.490 e. The predicted octanol–water partition coefficient (Wildman–Crippen LogP) is 3.56. The van der Waals surface area contributed by atoms with E-state index in [1.165, 1.54) is 5.56 Å². The maximum Gasteiger partial charge on any atom is 0.120 e. The van der Waals surface area contributed by atoms with E-state index in [1.807, 2.05) is 12.1 Å². The first-order valence-electron chi connectivity index (χ1n) is 7.70. The van der Waals surface area contributed by atoms with Gasteiger partial charge in [-0.2, -0.15) is 0 Å². The molecule has 0 bridgehead atoms. The Hall–Kier alpha value is -1.32. The van der Waals surface area contributed by atoms with Crippen molar-refractivity contribution in [1.29, 1.82) is 0 Å². The molecular formula is C18H29NO2. The Kier molecular flexibility index (Phi) is 7.48. The topological polar surface area (TPSA) is 41.5 Å². The summed E-state index contributed by atoms with van der Waals surface area (Å²) in [5, 5.41) is 13.1. The maximum atomic E-state index is 9.55. The van der Waals surface area contributed by atoms with Crippen molar-refractivity contribution in [2.45, 2.75) is 39.8 Å². The van der Waals surface area contributed by atoms with Crippen molar-refractivity contribution >= 4 is 0 Å². The van der Waals surface area contributed by atoms with Crippen molar-refractivity contribution in [3.8, 4) is 5.75 Å². The lowest BCUT2D eigenvalue weighted by Crippen LogP contribution is -2.41. The Morgan fingerprint density at radius 3 is 2.48 bits per heavy atom. The van der Waals surface area contributed by atoms with E-state index in [9.17, 15) is 5.11 Å². The summed E-state index contributed by atoms with van der Waals surface area (Å²) in [5.41, 5.74) is 1.19. The highest BCUT2D eigenvalue weighted by Gasteiger charge is 2.22. The van der Waals surface area contributed by atoms with E-state index in [0.29, 0.717) is 18.4 Å².